The first-order valence-electron chi connectivity index (χ1n) is 15.7. The van der Waals surface area contributed by atoms with Crippen LogP contribution in [0.4, 0.5) is 11.4 Å². The molecule has 0 bridgehead atoms. The molecular weight excluding hydrogens is 702 g/mol. The molecule has 4 atom stereocenters. The fourth-order valence-corrected chi connectivity index (χ4v) is 11.3. The van der Waals surface area contributed by atoms with E-state index in [4.69, 9.17) is 23.1 Å². The molecule has 4 rings (SSSR count). The van der Waals surface area contributed by atoms with E-state index in [9.17, 15) is 46.7 Å². The van der Waals surface area contributed by atoms with Gasteiger partial charge in [-0.3, -0.25) is 29.8 Å². The third kappa shape index (κ3) is 8.44. The highest BCUT2D eigenvalue weighted by molar-refractivity contribution is 7.92. The molecule has 18 heteroatoms. The van der Waals surface area contributed by atoms with Crippen LogP contribution in [0, 0.1) is 32.1 Å². The Morgan fingerprint density at radius 2 is 1.16 bits per heavy atom. The minimum absolute atomic E-state index is 0.0145. The normalized spacial score (nSPS) is 20.6. The monoisotopic (exact) mass is 741 g/mol. The number of aryl methyl sites for hydroxylation is 2. The Bertz CT molecular complexity index is 1910. The molecule has 0 heterocycles. The molecule has 0 spiro atoms. The van der Waals surface area contributed by atoms with Crippen LogP contribution in [-0.2, 0) is 32.5 Å². The second kappa shape index (κ2) is 15.7. The maximum Gasteiger partial charge on any atom is 0.288 e. The summed E-state index contributed by atoms with van der Waals surface area (Å²) in [6.45, 7) is 7.12. The van der Waals surface area contributed by atoms with Gasteiger partial charge in [-0.2, -0.15) is 4.99 Å². The lowest BCUT2D eigenvalue weighted by molar-refractivity contribution is -0.388. The van der Waals surface area contributed by atoms with Crippen LogP contribution >= 0.6 is 11.6 Å². The number of sulfone groups is 2. The number of guanidine groups is 1. The van der Waals surface area contributed by atoms with E-state index in [1.807, 2.05) is 13.8 Å². The number of nitrogens with zero attached hydrogens (tertiary/aromatic N) is 3. The number of benzene rings is 2. The standard InChI is InChI=1S/C16H22N4O5S.C15H18ClNO5S/c1-3-10-7-14(26(24,25)13-6-4-5-9(13)2)12(20(22)23)8-11(10)15(21)19-16(17)18;1-3-10-7-14(12(17(19)20)8-11(10)15(16)18)23(21,22)13-6-4-5-9(13)2/h7-9,13H,3-6H2,1-2H3,(H4,17,18,19,21);7-9,13H,3-6H2,1-2H3. The summed E-state index contributed by atoms with van der Waals surface area (Å²) in [5, 5.41) is 20.7. The summed E-state index contributed by atoms with van der Waals surface area (Å²) in [6, 6.07) is 4.41. The lowest BCUT2D eigenvalue weighted by Crippen LogP contribution is -2.26. The highest BCUT2D eigenvalue weighted by Crippen LogP contribution is 2.40. The Hall–Kier alpha value is -3.96. The molecule has 49 heavy (non-hydrogen) atoms. The summed E-state index contributed by atoms with van der Waals surface area (Å²) < 4.78 is 51.9. The molecule has 2 aliphatic carbocycles. The molecule has 2 fully saturated rings. The lowest BCUT2D eigenvalue weighted by atomic mass is 10.0. The van der Waals surface area contributed by atoms with Crippen LogP contribution in [0.5, 0.6) is 0 Å². The van der Waals surface area contributed by atoms with Gasteiger partial charge in [-0.05, 0) is 85.2 Å². The number of amides is 1. The highest BCUT2D eigenvalue weighted by atomic mass is 35.5. The first-order chi connectivity index (χ1) is 22.8. The largest absolute Gasteiger partial charge is 0.370 e. The zero-order valence-electron chi connectivity index (χ0n) is 27.5. The molecule has 1 amide bonds. The van der Waals surface area contributed by atoms with E-state index < -0.39 is 68.5 Å². The molecule has 2 aromatic carbocycles. The topological polar surface area (TPSA) is 253 Å². The van der Waals surface area contributed by atoms with Gasteiger partial charge in [0, 0.05) is 17.7 Å². The number of hydrogen-bond donors (Lipinski definition) is 2. The maximum absolute atomic E-state index is 13.0. The highest BCUT2D eigenvalue weighted by Gasteiger charge is 2.41. The first kappa shape index (κ1) is 39.5. The average molecular weight is 742 g/mol. The number of halogens is 1. The van der Waals surface area contributed by atoms with Crippen molar-refractivity contribution in [1.82, 2.24) is 0 Å². The molecule has 2 aliphatic rings. The van der Waals surface area contributed by atoms with Gasteiger partial charge in [0.25, 0.3) is 22.5 Å². The van der Waals surface area contributed by atoms with E-state index in [1.54, 1.807) is 13.8 Å². The van der Waals surface area contributed by atoms with E-state index in [-0.39, 0.29) is 32.8 Å². The van der Waals surface area contributed by atoms with Crippen LogP contribution in [0.15, 0.2) is 39.0 Å². The van der Waals surface area contributed by atoms with E-state index in [0.29, 0.717) is 36.8 Å². The number of hydrogen-bond acceptors (Lipinski definition) is 10. The van der Waals surface area contributed by atoms with Crippen LogP contribution < -0.4 is 11.5 Å². The molecule has 15 nitrogen and oxygen atoms in total. The molecule has 2 saturated carbocycles. The van der Waals surface area contributed by atoms with E-state index >= 15 is 0 Å². The molecule has 4 unspecified atom stereocenters. The fourth-order valence-electron chi connectivity index (χ4n) is 6.58. The Balaban J connectivity index is 0.000000267. The molecule has 4 N–H and O–H groups in total. The van der Waals surface area contributed by atoms with Gasteiger partial charge >= 0.3 is 0 Å². The van der Waals surface area contributed by atoms with Gasteiger partial charge in [-0.1, -0.05) is 40.5 Å². The van der Waals surface area contributed by atoms with Crippen LogP contribution in [0.3, 0.4) is 0 Å². The zero-order valence-corrected chi connectivity index (χ0v) is 29.9. The van der Waals surface area contributed by atoms with Crippen molar-refractivity contribution in [3.05, 3.63) is 66.7 Å². The lowest BCUT2D eigenvalue weighted by Gasteiger charge is -2.17. The molecule has 268 valence electrons. The number of nitro groups is 2. The molecule has 0 aromatic heterocycles. The second-order valence-corrected chi connectivity index (χ2v) is 16.9. The average Bonchev–Trinajstić information content (AvgIpc) is 3.67. The summed E-state index contributed by atoms with van der Waals surface area (Å²) in [5.74, 6) is -1.44. The summed E-state index contributed by atoms with van der Waals surface area (Å²) in [6.07, 6.45) is 4.72. The summed E-state index contributed by atoms with van der Waals surface area (Å²) >= 11 is 5.47. The van der Waals surface area contributed by atoms with E-state index in [0.717, 1.165) is 37.8 Å². The van der Waals surface area contributed by atoms with Gasteiger partial charge in [0.1, 0.15) is 9.79 Å². The number of aliphatic imine (C=N–C) groups is 1. The van der Waals surface area contributed by atoms with E-state index in [1.165, 1.54) is 12.1 Å². The van der Waals surface area contributed by atoms with Crippen molar-refractivity contribution in [3.8, 4) is 0 Å². The minimum Gasteiger partial charge on any atom is -0.370 e. The Morgan fingerprint density at radius 3 is 1.47 bits per heavy atom. The third-order valence-electron chi connectivity index (χ3n) is 9.17. The quantitative estimate of drug-likeness (QED) is 0.107. The van der Waals surface area contributed by atoms with Gasteiger partial charge in [-0.25, -0.2) is 16.8 Å². The van der Waals surface area contributed by atoms with Crippen molar-refractivity contribution in [2.24, 2.45) is 28.3 Å². The number of carbonyl (C=O) groups is 2. The zero-order chi connectivity index (χ0) is 37.0. The Labute approximate surface area is 289 Å². The van der Waals surface area contributed by atoms with Crippen LogP contribution in [0.2, 0.25) is 0 Å². The number of rotatable bonds is 10. The maximum atomic E-state index is 13.0. The van der Waals surface area contributed by atoms with Gasteiger partial charge in [0.05, 0.1) is 25.9 Å². The van der Waals surface area contributed by atoms with Crippen molar-refractivity contribution in [2.75, 3.05) is 0 Å². The van der Waals surface area contributed by atoms with Gasteiger partial charge in [-0.15, -0.1) is 0 Å². The van der Waals surface area contributed by atoms with Crippen LogP contribution in [0.1, 0.15) is 98.1 Å². The Kier molecular flexibility index (Phi) is 12.7. The van der Waals surface area contributed by atoms with Crippen molar-refractivity contribution >= 4 is 59.8 Å². The van der Waals surface area contributed by atoms with Gasteiger partial charge in [0.15, 0.2) is 25.6 Å². The van der Waals surface area contributed by atoms with Crippen LogP contribution in [-0.4, -0.2) is 54.3 Å². The molecular formula is C31H40ClN5O10S2. The van der Waals surface area contributed by atoms with E-state index in [2.05, 4.69) is 4.99 Å². The molecule has 0 saturated heterocycles. The van der Waals surface area contributed by atoms with Crippen molar-refractivity contribution < 1.29 is 36.3 Å². The number of nitro benzene ring substituents is 2. The van der Waals surface area contributed by atoms with Crippen LogP contribution in [0.25, 0.3) is 0 Å². The predicted molar refractivity (Wildman–Crippen MR) is 183 cm³/mol. The summed E-state index contributed by atoms with van der Waals surface area (Å²) in [7, 11) is -7.73. The molecule has 2 aromatic rings. The Morgan fingerprint density at radius 1 is 0.776 bits per heavy atom. The molecule has 0 aliphatic heterocycles. The van der Waals surface area contributed by atoms with Crippen molar-refractivity contribution in [3.63, 3.8) is 0 Å². The third-order valence-corrected chi connectivity index (χ3v) is 14.3. The predicted octanol–water partition coefficient (Wildman–Crippen LogP) is 5.03. The van der Waals surface area contributed by atoms with Crippen molar-refractivity contribution in [1.29, 1.82) is 0 Å². The number of nitrogens with two attached hydrogens (primary N) is 2. The van der Waals surface area contributed by atoms with Crippen molar-refractivity contribution in [2.45, 2.75) is 99.4 Å². The molecule has 0 radical (unpaired) electrons. The van der Waals surface area contributed by atoms with Gasteiger partial charge < -0.3 is 11.5 Å². The van der Waals surface area contributed by atoms with Gasteiger partial charge in [0.2, 0.25) is 0 Å². The minimum atomic E-state index is -3.90. The summed E-state index contributed by atoms with van der Waals surface area (Å²) in [5.41, 5.74) is 9.83. The number of carbonyl (C=O) groups excluding carboxylic acids is 2. The smallest absolute Gasteiger partial charge is 0.288 e. The summed E-state index contributed by atoms with van der Waals surface area (Å²) in [4.78, 5) is 47.6. The second-order valence-electron chi connectivity index (χ2n) is 12.3. The first-order valence-corrected chi connectivity index (χ1v) is 19.2. The fraction of sp³-hybridized carbons (Fsp3) is 0.516. The SMILES string of the molecule is CCc1cc(S(=O)(=O)C2CCCC2C)c([N+](=O)[O-])cc1C(=O)Cl.CCc1cc(S(=O)(=O)C2CCCC2C)c([N+](=O)[O-])cc1C(=O)N=C(N)N.